The molecule has 0 spiro atoms. The molecule has 0 aromatic carbocycles. The molecule has 19 heavy (non-hydrogen) atoms. The average Bonchev–Trinajstić information content (AvgIpc) is 2.61. The number of nitrogens with zero attached hydrogens (tertiary/aromatic N) is 2. The second kappa shape index (κ2) is 6.68. The standard InChI is InChI=1S/C9H11BrIN3O4.ClH/c10-5-6(16)4(2-15)18-8(5)14-1-3(11)7(12)13-9(14)17;/h1,4-6,8,15-16H,2H2,(H2,12,13,17);1H/t4-,5-,6-,8-;/m1./s1. The topological polar surface area (TPSA) is 111 Å². The van der Waals surface area contributed by atoms with Crippen LogP contribution in [0, 0.1) is 3.57 Å². The van der Waals surface area contributed by atoms with E-state index in [1.165, 1.54) is 10.8 Å². The molecule has 1 fully saturated rings. The summed E-state index contributed by atoms with van der Waals surface area (Å²) in [7, 11) is 0. The number of aliphatic hydroxyl groups is 2. The fourth-order valence-corrected chi connectivity index (χ4v) is 2.86. The van der Waals surface area contributed by atoms with Gasteiger partial charge in [-0.25, -0.2) is 4.79 Å². The first-order chi connectivity index (χ1) is 8.45. The second-order valence-corrected chi connectivity index (χ2v) is 6.07. The van der Waals surface area contributed by atoms with Gasteiger partial charge in [0.15, 0.2) is 6.23 Å². The summed E-state index contributed by atoms with van der Waals surface area (Å²) in [4.78, 5) is 14.9. The molecule has 1 aromatic rings. The van der Waals surface area contributed by atoms with Crippen molar-refractivity contribution in [3.05, 3.63) is 20.3 Å². The molecule has 0 bridgehead atoms. The number of halogens is 3. The van der Waals surface area contributed by atoms with E-state index in [1.54, 1.807) is 0 Å². The SMILES string of the molecule is Cl.Nc1nc(=O)n([C@@H]2O[C@H](CO)[C@@H](O)[C@H]2Br)cc1I. The van der Waals surface area contributed by atoms with Crippen LogP contribution >= 0.6 is 50.9 Å². The molecule has 0 unspecified atom stereocenters. The smallest absolute Gasteiger partial charge is 0.351 e. The lowest BCUT2D eigenvalue weighted by molar-refractivity contribution is -0.0456. The molecule has 1 aliphatic rings. The number of aromatic nitrogens is 2. The van der Waals surface area contributed by atoms with Crippen molar-refractivity contribution < 1.29 is 14.9 Å². The van der Waals surface area contributed by atoms with E-state index < -0.39 is 29.0 Å². The van der Waals surface area contributed by atoms with Gasteiger partial charge in [-0.05, 0) is 22.6 Å². The molecule has 7 nitrogen and oxygen atoms in total. The maximum atomic E-state index is 11.8. The van der Waals surface area contributed by atoms with Gasteiger partial charge in [-0.3, -0.25) is 4.57 Å². The Labute approximate surface area is 136 Å². The first-order valence-electron chi connectivity index (χ1n) is 5.08. The van der Waals surface area contributed by atoms with E-state index in [2.05, 4.69) is 20.9 Å². The largest absolute Gasteiger partial charge is 0.394 e. The monoisotopic (exact) mass is 467 g/mol. The van der Waals surface area contributed by atoms with Crippen LogP contribution in [0.4, 0.5) is 5.82 Å². The van der Waals surface area contributed by atoms with Gasteiger partial charge in [-0.15, -0.1) is 12.4 Å². The normalized spacial score (nSPS) is 30.1. The maximum Gasteiger partial charge on any atom is 0.351 e. The highest BCUT2D eigenvalue weighted by molar-refractivity contribution is 14.1. The van der Waals surface area contributed by atoms with Crippen molar-refractivity contribution in [3.8, 4) is 0 Å². The summed E-state index contributed by atoms with van der Waals surface area (Å²) in [5.41, 5.74) is 4.97. The van der Waals surface area contributed by atoms with Crippen molar-refractivity contribution in [1.82, 2.24) is 9.55 Å². The van der Waals surface area contributed by atoms with Gasteiger partial charge in [0.05, 0.1) is 21.1 Å². The third kappa shape index (κ3) is 3.22. The van der Waals surface area contributed by atoms with Crippen molar-refractivity contribution in [2.24, 2.45) is 0 Å². The van der Waals surface area contributed by atoms with E-state index in [4.69, 9.17) is 15.6 Å². The second-order valence-electron chi connectivity index (χ2n) is 3.85. The van der Waals surface area contributed by atoms with E-state index >= 15 is 0 Å². The van der Waals surface area contributed by atoms with Crippen LogP contribution in [0.5, 0.6) is 0 Å². The van der Waals surface area contributed by atoms with Crippen LogP contribution in [-0.2, 0) is 4.74 Å². The maximum absolute atomic E-state index is 11.8. The van der Waals surface area contributed by atoms with Gasteiger partial charge in [0.1, 0.15) is 11.9 Å². The number of nitrogens with two attached hydrogens (primary N) is 1. The minimum absolute atomic E-state index is 0. The summed E-state index contributed by atoms with van der Waals surface area (Å²) >= 11 is 5.21. The molecule has 0 radical (unpaired) electrons. The summed E-state index contributed by atoms with van der Waals surface area (Å²) in [5.74, 6) is 0.153. The molecule has 0 amide bonds. The number of anilines is 1. The molecule has 1 saturated heterocycles. The van der Waals surface area contributed by atoms with Crippen LogP contribution in [0.25, 0.3) is 0 Å². The number of aliphatic hydroxyl groups excluding tert-OH is 2. The molecule has 108 valence electrons. The molecular formula is C9H12BrClIN3O4. The van der Waals surface area contributed by atoms with Crippen molar-refractivity contribution in [2.45, 2.75) is 23.3 Å². The van der Waals surface area contributed by atoms with Crippen LogP contribution in [0.2, 0.25) is 0 Å². The van der Waals surface area contributed by atoms with Crippen LogP contribution in [0.1, 0.15) is 6.23 Å². The number of ether oxygens (including phenoxy) is 1. The van der Waals surface area contributed by atoms with E-state index in [9.17, 15) is 9.90 Å². The van der Waals surface area contributed by atoms with Gasteiger partial charge in [0.25, 0.3) is 0 Å². The lowest BCUT2D eigenvalue weighted by Crippen LogP contribution is -2.33. The van der Waals surface area contributed by atoms with Crippen molar-refractivity contribution in [1.29, 1.82) is 0 Å². The van der Waals surface area contributed by atoms with Crippen LogP contribution in [-0.4, -0.2) is 43.4 Å². The Kier molecular flexibility index (Phi) is 6.01. The molecule has 0 aliphatic carbocycles. The Bertz CT molecular complexity index is 517. The molecule has 0 saturated carbocycles. The van der Waals surface area contributed by atoms with Gasteiger partial charge in [0, 0.05) is 6.20 Å². The lowest BCUT2D eigenvalue weighted by Gasteiger charge is -2.17. The Morgan fingerprint density at radius 2 is 2.26 bits per heavy atom. The molecule has 1 aromatic heterocycles. The lowest BCUT2D eigenvalue weighted by atomic mass is 10.2. The molecule has 2 rings (SSSR count). The Morgan fingerprint density at radius 3 is 2.79 bits per heavy atom. The molecule has 2 heterocycles. The van der Waals surface area contributed by atoms with Crippen LogP contribution in [0.3, 0.4) is 0 Å². The van der Waals surface area contributed by atoms with Gasteiger partial charge < -0.3 is 20.7 Å². The molecule has 4 N–H and O–H groups in total. The predicted octanol–water partition coefficient (Wildman–Crippen LogP) is -0.134. The Morgan fingerprint density at radius 1 is 1.63 bits per heavy atom. The number of alkyl halides is 1. The zero-order chi connectivity index (χ0) is 13.4. The zero-order valence-corrected chi connectivity index (χ0v) is 14.0. The highest BCUT2D eigenvalue weighted by Crippen LogP contribution is 2.33. The number of hydrogen-bond donors (Lipinski definition) is 3. The van der Waals surface area contributed by atoms with Gasteiger partial charge in [-0.2, -0.15) is 4.98 Å². The van der Waals surface area contributed by atoms with Gasteiger partial charge in [-0.1, -0.05) is 15.9 Å². The van der Waals surface area contributed by atoms with Gasteiger partial charge >= 0.3 is 5.69 Å². The van der Waals surface area contributed by atoms with Crippen LogP contribution < -0.4 is 11.4 Å². The Balaban J connectivity index is 0.00000180. The third-order valence-corrected chi connectivity index (χ3v) is 4.51. The molecule has 4 atom stereocenters. The summed E-state index contributed by atoms with van der Waals surface area (Å²) in [6, 6.07) is 0. The minimum atomic E-state index is -0.901. The fraction of sp³-hybridized carbons (Fsp3) is 0.556. The number of rotatable bonds is 2. The quantitative estimate of drug-likeness (QED) is 0.412. The van der Waals surface area contributed by atoms with E-state index in [1.807, 2.05) is 22.6 Å². The fourth-order valence-electron chi connectivity index (χ4n) is 1.72. The summed E-state index contributed by atoms with van der Waals surface area (Å²) < 4.78 is 7.28. The van der Waals surface area contributed by atoms with Crippen molar-refractivity contribution >= 4 is 56.7 Å². The number of hydrogen-bond acceptors (Lipinski definition) is 6. The first kappa shape index (κ1) is 17.1. The van der Waals surface area contributed by atoms with E-state index in [-0.39, 0.29) is 24.8 Å². The third-order valence-electron chi connectivity index (χ3n) is 2.68. The minimum Gasteiger partial charge on any atom is -0.394 e. The van der Waals surface area contributed by atoms with E-state index in [0.29, 0.717) is 3.57 Å². The van der Waals surface area contributed by atoms with Crippen molar-refractivity contribution in [2.75, 3.05) is 12.3 Å². The average molecular weight is 468 g/mol. The van der Waals surface area contributed by atoms with Crippen molar-refractivity contribution in [3.63, 3.8) is 0 Å². The number of nitrogen functional groups attached to an aromatic ring is 1. The highest BCUT2D eigenvalue weighted by Gasteiger charge is 2.43. The van der Waals surface area contributed by atoms with E-state index in [0.717, 1.165) is 0 Å². The molecular weight excluding hydrogens is 456 g/mol. The van der Waals surface area contributed by atoms with Crippen LogP contribution in [0.15, 0.2) is 11.0 Å². The first-order valence-corrected chi connectivity index (χ1v) is 7.07. The molecule has 10 heteroatoms. The highest BCUT2D eigenvalue weighted by atomic mass is 127. The predicted molar refractivity (Wildman–Crippen MR) is 82.6 cm³/mol. The van der Waals surface area contributed by atoms with Gasteiger partial charge in [0.2, 0.25) is 0 Å². The Hall–Kier alpha value is 0.0600. The summed E-state index contributed by atoms with van der Waals surface area (Å²) in [6.07, 6.45) is -0.855. The molecule has 1 aliphatic heterocycles. The summed E-state index contributed by atoms with van der Waals surface area (Å²) in [5, 5.41) is 18.9. The zero-order valence-electron chi connectivity index (χ0n) is 9.44. The summed E-state index contributed by atoms with van der Waals surface area (Å²) in [6.45, 7) is -0.325.